The van der Waals surface area contributed by atoms with E-state index < -0.39 is 40.8 Å². The fourth-order valence-electron chi connectivity index (χ4n) is 3.35. The maximum absolute atomic E-state index is 12.5. The molecule has 0 N–H and O–H groups in total. The summed E-state index contributed by atoms with van der Waals surface area (Å²) in [5.41, 5.74) is -0.216. The van der Waals surface area contributed by atoms with Gasteiger partial charge in [-0.25, -0.2) is 4.90 Å². The molecule has 7 nitrogen and oxygen atoms in total. The van der Waals surface area contributed by atoms with Gasteiger partial charge in [-0.2, -0.15) is 0 Å². The van der Waals surface area contributed by atoms with E-state index in [0.717, 1.165) is 4.90 Å². The Morgan fingerprint density at radius 1 is 1.05 bits per heavy atom. The van der Waals surface area contributed by atoms with Gasteiger partial charge in [0.2, 0.25) is 11.8 Å². The van der Waals surface area contributed by atoms with Crippen LogP contribution in [0.5, 0.6) is 0 Å². The largest absolute Gasteiger partial charge is 0.365 e. The van der Waals surface area contributed by atoms with Gasteiger partial charge < -0.3 is 4.74 Å². The van der Waals surface area contributed by atoms with E-state index in [9.17, 15) is 19.7 Å². The van der Waals surface area contributed by atoms with Crippen LogP contribution in [0.1, 0.15) is 0 Å². The average Bonchev–Trinajstić information content (AvgIpc) is 3.13. The van der Waals surface area contributed by atoms with Crippen molar-refractivity contribution >= 4 is 23.2 Å². The zero-order valence-electron chi connectivity index (χ0n) is 10.7. The van der Waals surface area contributed by atoms with Gasteiger partial charge in [-0.15, -0.1) is 0 Å². The quantitative estimate of drug-likeness (QED) is 0.350. The number of nitrogens with zero attached hydrogens (tertiary/aromatic N) is 2. The molecule has 3 heterocycles. The van der Waals surface area contributed by atoms with Crippen LogP contribution >= 0.6 is 0 Å². The Balaban J connectivity index is 1.80. The molecule has 21 heavy (non-hydrogen) atoms. The first-order chi connectivity index (χ1) is 10.1. The lowest BCUT2D eigenvalue weighted by atomic mass is 9.85. The van der Waals surface area contributed by atoms with Gasteiger partial charge in [0.15, 0.2) is 0 Å². The summed E-state index contributed by atoms with van der Waals surface area (Å²) in [4.78, 5) is 36.5. The van der Waals surface area contributed by atoms with Crippen LogP contribution in [0.15, 0.2) is 36.4 Å². The van der Waals surface area contributed by atoms with Crippen LogP contribution in [-0.2, 0) is 14.3 Å². The first-order valence-electron chi connectivity index (χ1n) is 6.54. The molecule has 4 atom stereocenters. The number of amides is 2. The van der Waals surface area contributed by atoms with Crippen LogP contribution in [0.4, 0.5) is 11.4 Å². The maximum atomic E-state index is 12.5. The van der Waals surface area contributed by atoms with Crippen molar-refractivity contribution < 1.29 is 19.2 Å². The summed E-state index contributed by atoms with van der Waals surface area (Å²) < 4.78 is 5.53. The maximum Gasteiger partial charge on any atom is 0.293 e. The normalized spacial score (nSPS) is 32.9. The minimum Gasteiger partial charge on any atom is -0.365 e. The molecule has 0 saturated carbocycles. The van der Waals surface area contributed by atoms with Gasteiger partial charge in [0.25, 0.3) is 5.69 Å². The summed E-state index contributed by atoms with van der Waals surface area (Å²) in [6.45, 7) is 0. The molecule has 1 aromatic carbocycles. The molecule has 0 unspecified atom stereocenters. The highest BCUT2D eigenvalue weighted by Gasteiger charge is 2.61. The molecule has 2 bridgehead atoms. The molecule has 0 aromatic heterocycles. The number of hydrogen-bond donors (Lipinski definition) is 0. The number of hydrogen-bond acceptors (Lipinski definition) is 5. The summed E-state index contributed by atoms with van der Waals surface area (Å²) >= 11 is 0. The van der Waals surface area contributed by atoms with Crippen LogP contribution in [0.25, 0.3) is 0 Å². The van der Waals surface area contributed by atoms with Crippen molar-refractivity contribution in [2.45, 2.75) is 12.2 Å². The van der Waals surface area contributed by atoms with Crippen LogP contribution in [-0.4, -0.2) is 28.9 Å². The van der Waals surface area contributed by atoms with Gasteiger partial charge >= 0.3 is 0 Å². The van der Waals surface area contributed by atoms with Crippen LogP contribution in [0.3, 0.4) is 0 Å². The van der Waals surface area contributed by atoms with E-state index in [1.54, 1.807) is 18.2 Å². The monoisotopic (exact) mass is 286 g/mol. The number of nitro benzene ring substituents is 1. The molecule has 0 aliphatic carbocycles. The van der Waals surface area contributed by atoms with Crippen LogP contribution in [0.2, 0.25) is 0 Å². The number of ether oxygens (including phenoxy) is 1. The SMILES string of the molecule is O=C1[C@@H]2[C@@H](C(=O)N1c1ccccc1[N+](=O)[O-])[C@H]1C=C[C@H]2O1. The molecule has 3 aliphatic heterocycles. The van der Waals surface area contributed by atoms with Crippen molar-refractivity contribution in [1.82, 2.24) is 0 Å². The molecule has 0 spiro atoms. The van der Waals surface area contributed by atoms with Gasteiger partial charge in [-0.05, 0) is 6.07 Å². The van der Waals surface area contributed by atoms with Crippen LogP contribution < -0.4 is 4.90 Å². The third-order valence-corrected chi connectivity index (χ3v) is 4.23. The fraction of sp³-hybridized carbons (Fsp3) is 0.286. The first kappa shape index (κ1) is 12.2. The molecule has 106 valence electrons. The zero-order valence-corrected chi connectivity index (χ0v) is 10.7. The predicted molar refractivity (Wildman–Crippen MR) is 70.4 cm³/mol. The van der Waals surface area contributed by atoms with E-state index in [-0.39, 0.29) is 11.4 Å². The highest BCUT2D eigenvalue weighted by atomic mass is 16.6. The Bertz CT molecular complexity index is 683. The molecule has 3 aliphatic rings. The minimum absolute atomic E-state index is 0.0336. The highest BCUT2D eigenvalue weighted by molar-refractivity contribution is 6.23. The molecule has 2 amide bonds. The van der Waals surface area contributed by atoms with Crippen molar-refractivity contribution in [2.75, 3.05) is 4.90 Å². The zero-order chi connectivity index (χ0) is 14.7. The lowest BCUT2D eigenvalue weighted by molar-refractivity contribution is -0.384. The summed E-state index contributed by atoms with van der Waals surface area (Å²) in [6, 6.07) is 5.78. The Hall–Kier alpha value is -2.54. The number of para-hydroxylation sites is 2. The highest BCUT2D eigenvalue weighted by Crippen LogP contribution is 2.47. The topological polar surface area (TPSA) is 89.8 Å². The number of benzene rings is 1. The van der Waals surface area contributed by atoms with Crippen molar-refractivity contribution in [1.29, 1.82) is 0 Å². The second kappa shape index (κ2) is 3.98. The predicted octanol–water partition coefficient (Wildman–Crippen LogP) is 1.04. The Kier molecular flexibility index (Phi) is 2.32. The van der Waals surface area contributed by atoms with E-state index in [1.807, 2.05) is 0 Å². The lowest BCUT2D eigenvalue weighted by Crippen LogP contribution is -2.34. The van der Waals surface area contributed by atoms with Crippen molar-refractivity contribution in [3.05, 3.63) is 46.5 Å². The Labute approximate surface area is 118 Å². The molecule has 0 radical (unpaired) electrons. The molecule has 2 saturated heterocycles. The van der Waals surface area contributed by atoms with E-state index in [0.29, 0.717) is 0 Å². The first-order valence-corrected chi connectivity index (χ1v) is 6.54. The number of imide groups is 1. The van der Waals surface area contributed by atoms with E-state index >= 15 is 0 Å². The minimum atomic E-state index is -0.590. The van der Waals surface area contributed by atoms with Gasteiger partial charge in [0, 0.05) is 6.07 Å². The van der Waals surface area contributed by atoms with E-state index in [4.69, 9.17) is 4.74 Å². The van der Waals surface area contributed by atoms with Gasteiger partial charge in [-0.1, -0.05) is 24.3 Å². The number of anilines is 1. The number of carbonyl (C=O) groups is 2. The van der Waals surface area contributed by atoms with Gasteiger partial charge in [-0.3, -0.25) is 19.7 Å². The van der Waals surface area contributed by atoms with Crippen molar-refractivity contribution in [3.63, 3.8) is 0 Å². The molecule has 7 heteroatoms. The average molecular weight is 286 g/mol. The molecule has 1 aromatic rings. The molecule has 2 fully saturated rings. The number of rotatable bonds is 2. The molecule has 4 rings (SSSR count). The molecular formula is C14H10N2O5. The third-order valence-electron chi connectivity index (χ3n) is 4.23. The summed E-state index contributed by atoms with van der Waals surface area (Å²) in [6.07, 6.45) is 2.76. The standard InChI is InChI=1S/C14H10N2O5/c17-13-11-9-5-6-10(21-9)12(11)14(18)15(13)7-3-1-2-4-8(7)16(19)20/h1-6,9-12H/t9-,10-,11+,12+/m1/s1. The second-order valence-electron chi connectivity index (χ2n) is 5.26. The number of fused-ring (bicyclic) bond motifs is 5. The summed E-state index contributed by atoms with van der Waals surface area (Å²) in [7, 11) is 0. The van der Waals surface area contributed by atoms with Gasteiger partial charge in [0.05, 0.1) is 29.0 Å². The van der Waals surface area contributed by atoms with Crippen LogP contribution in [0, 0.1) is 22.0 Å². The number of carbonyl (C=O) groups excluding carboxylic acids is 2. The second-order valence-corrected chi connectivity index (χ2v) is 5.26. The Morgan fingerprint density at radius 2 is 1.62 bits per heavy atom. The van der Waals surface area contributed by atoms with Crippen molar-refractivity contribution in [3.8, 4) is 0 Å². The summed E-state index contributed by atoms with van der Waals surface area (Å²) in [5, 5.41) is 11.1. The van der Waals surface area contributed by atoms with E-state index in [1.165, 1.54) is 18.2 Å². The van der Waals surface area contributed by atoms with Crippen molar-refractivity contribution in [2.24, 2.45) is 11.8 Å². The lowest BCUT2D eigenvalue weighted by Gasteiger charge is -2.17. The molecular weight excluding hydrogens is 276 g/mol. The smallest absolute Gasteiger partial charge is 0.293 e. The summed E-state index contributed by atoms with van der Waals surface area (Å²) in [5.74, 6) is -1.97. The fourth-order valence-corrected chi connectivity index (χ4v) is 3.35. The van der Waals surface area contributed by atoms with Gasteiger partial charge in [0.1, 0.15) is 5.69 Å². The Morgan fingerprint density at radius 3 is 2.19 bits per heavy atom. The third kappa shape index (κ3) is 1.46. The van der Waals surface area contributed by atoms with E-state index in [2.05, 4.69) is 0 Å². The number of nitro groups is 1.